The van der Waals surface area contributed by atoms with E-state index >= 15 is 0 Å². The minimum Gasteiger partial charge on any atom is -0.465 e. The van der Waals surface area contributed by atoms with E-state index < -0.39 is 6.23 Å². The molecule has 0 radical (unpaired) electrons. The van der Waals surface area contributed by atoms with Crippen LogP contribution in [0.2, 0.25) is 0 Å². The van der Waals surface area contributed by atoms with Crippen LogP contribution in [0.1, 0.15) is 11.3 Å². The third-order valence-electron chi connectivity index (χ3n) is 4.65. The van der Waals surface area contributed by atoms with Crippen LogP contribution in [0, 0.1) is 5.82 Å². The molecule has 6 nitrogen and oxygen atoms in total. The Bertz CT molecular complexity index is 1230. The molecule has 0 aliphatic carbocycles. The molecule has 5 rings (SSSR count). The van der Waals surface area contributed by atoms with Crippen molar-refractivity contribution in [3.8, 4) is 17.1 Å². The summed E-state index contributed by atoms with van der Waals surface area (Å²) in [6.45, 7) is 0. The van der Waals surface area contributed by atoms with Crippen LogP contribution >= 0.6 is 11.8 Å². The van der Waals surface area contributed by atoms with Crippen molar-refractivity contribution in [2.75, 3.05) is 5.32 Å². The Balaban J connectivity index is 1.44. The van der Waals surface area contributed by atoms with Gasteiger partial charge in [-0.3, -0.25) is 0 Å². The van der Waals surface area contributed by atoms with Gasteiger partial charge in [0.15, 0.2) is 11.9 Å². The number of halogens is 1. The maximum atomic E-state index is 13.9. The van der Waals surface area contributed by atoms with E-state index in [-0.39, 0.29) is 5.82 Å². The van der Waals surface area contributed by atoms with E-state index in [2.05, 4.69) is 20.5 Å². The molecule has 0 spiro atoms. The Kier molecular flexibility index (Phi) is 5.37. The van der Waals surface area contributed by atoms with Gasteiger partial charge in [-0.05, 0) is 42.0 Å². The number of benzene rings is 2. The first kappa shape index (κ1) is 19.3. The Morgan fingerprint density at radius 1 is 1.03 bits per heavy atom. The van der Waals surface area contributed by atoms with Gasteiger partial charge in [-0.1, -0.05) is 48.2 Å². The fraction of sp³-hybridized carbons (Fsp3) is 0.0870. The SMILES string of the molecule is Fc1ccccc1CSc1nnc2c(n1)OC(C=Cc1ccco1)Nc1ccccc1-2. The fourth-order valence-electron chi connectivity index (χ4n) is 3.14. The number of fused-ring (bicyclic) bond motifs is 3. The number of hydrogen-bond donors (Lipinski definition) is 1. The number of anilines is 1. The van der Waals surface area contributed by atoms with Gasteiger partial charge >= 0.3 is 0 Å². The number of thioether (sulfide) groups is 1. The summed E-state index contributed by atoms with van der Waals surface area (Å²) in [6.07, 6.45) is 4.79. The number of nitrogens with zero attached hydrogens (tertiary/aromatic N) is 3. The van der Waals surface area contributed by atoms with E-state index in [1.807, 2.05) is 48.6 Å². The summed E-state index contributed by atoms with van der Waals surface area (Å²) >= 11 is 1.30. The first-order chi connectivity index (χ1) is 15.3. The summed E-state index contributed by atoms with van der Waals surface area (Å²) < 4.78 is 25.4. The molecule has 2 aromatic carbocycles. The summed E-state index contributed by atoms with van der Waals surface area (Å²) in [4.78, 5) is 4.56. The minimum absolute atomic E-state index is 0.254. The number of nitrogens with one attached hydrogen (secondary N) is 1. The molecule has 0 amide bonds. The average molecular weight is 432 g/mol. The monoisotopic (exact) mass is 432 g/mol. The Morgan fingerprint density at radius 2 is 1.90 bits per heavy atom. The lowest BCUT2D eigenvalue weighted by atomic mass is 10.1. The molecule has 0 bridgehead atoms. The Hall–Kier alpha value is -3.65. The normalized spacial score (nSPS) is 14.9. The van der Waals surface area contributed by atoms with Crippen LogP contribution in [0.5, 0.6) is 5.88 Å². The fourth-order valence-corrected chi connectivity index (χ4v) is 3.91. The third kappa shape index (κ3) is 4.29. The van der Waals surface area contributed by atoms with Gasteiger partial charge in [0.05, 0.1) is 6.26 Å². The van der Waals surface area contributed by atoms with Gasteiger partial charge in [-0.25, -0.2) is 4.39 Å². The molecule has 1 N–H and O–H groups in total. The van der Waals surface area contributed by atoms with Gasteiger partial charge in [0.25, 0.3) is 0 Å². The molecule has 154 valence electrons. The highest BCUT2D eigenvalue weighted by atomic mass is 32.2. The maximum absolute atomic E-state index is 13.9. The summed E-state index contributed by atoms with van der Waals surface area (Å²) in [5, 5.41) is 12.3. The molecule has 1 unspecified atom stereocenters. The first-order valence-electron chi connectivity index (χ1n) is 9.61. The number of aromatic nitrogens is 3. The average Bonchev–Trinajstić information content (AvgIpc) is 3.26. The minimum atomic E-state index is -0.492. The summed E-state index contributed by atoms with van der Waals surface area (Å²) in [6, 6.07) is 18.1. The zero-order valence-electron chi connectivity index (χ0n) is 16.2. The number of furan rings is 1. The van der Waals surface area contributed by atoms with Crippen LogP contribution in [-0.2, 0) is 5.75 Å². The molecule has 0 fully saturated rings. The topological polar surface area (TPSA) is 73.1 Å². The zero-order valence-corrected chi connectivity index (χ0v) is 17.1. The third-order valence-corrected chi connectivity index (χ3v) is 5.53. The molecule has 2 aromatic heterocycles. The van der Waals surface area contributed by atoms with E-state index in [4.69, 9.17) is 9.15 Å². The van der Waals surface area contributed by atoms with Crippen molar-refractivity contribution in [2.24, 2.45) is 0 Å². The van der Waals surface area contributed by atoms with Crippen molar-refractivity contribution in [1.82, 2.24) is 15.2 Å². The highest BCUT2D eigenvalue weighted by Crippen LogP contribution is 2.36. The first-order valence-corrected chi connectivity index (χ1v) is 10.6. The standard InChI is InChI=1S/C23H17FN4O2S/c24-18-9-3-1-6-15(18)14-31-23-26-22-21(27-28-23)17-8-2-4-10-19(17)25-20(30-22)12-11-16-7-5-13-29-16/h1-13,20,25H,14H2. The van der Waals surface area contributed by atoms with Crippen molar-refractivity contribution in [3.63, 3.8) is 0 Å². The molecule has 4 aromatic rings. The molecule has 1 atom stereocenters. The molecule has 3 heterocycles. The van der Waals surface area contributed by atoms with Gasteiger partial charge in [0, 0.05) is 17.0 Å². The van der Waals surface area contributed by atoms with Crippen LogP contribution in [0.4, 0.5) is 10.1 Å². The maximum Gasteiger partial charge on any atom is 0.247 e. The van der Waals surface area contributed by atoms with Crippen molar-refractivity contribution in [3.05, 3.63) is 90.1 Å². The van der Waals surface area contributed by atoms with E-state index in [0.29, 0.717) is 33.8 Å². The lowest BCUT2D eigenvalue weighted by Crippen LogP contribution is -2.23. The van der Waals surface area contributed by atoms with Crippen molar-refractivity contribution < 1.29 is 13.5 Å². The van der Waals surface area contributed by atoms with Crippen LogP contribution < -0.4 is 10.1 Å². The lowest BCUT2D eigenvalue weighted by molar-refractivity contribution is 0.266. The van der Waals surface area contributed by atoms with Crippen LogP contribution in [0.15, 0.2) is 82.6 Å². The highest BCUT2D eigenvalue weighted by Gasteiger charge is 2.23. The second-order valence-electron chi connectivity index (χ2n) is 6.73. The predicted molar refractivity (Wildman–Crippen MR) is 117 cm³/mol. The summed E-state index contributed by atoms with van der Waals surface area (Å²) in [7, 11) is 0. The van der Waals surface area contributed by atoms with E-state index in [9.17, 15) is 4.39 Å². The van der Waals surface area contributed by atoms with Gasteiger partial charge in [0.1, 0.15) is 11.6 Å². The van der Waals surface area contributed by atoms with Gasteiger partial charge < -0.3 is 14.5 Å². The zero-order chi connectivity index (χ0) is 21.0. The predicted octanol–water partition coefficient (Wildman–Crippen LogP) is 5.41. The van der Waals surface area contributed by atoms with Crippen LogP contribution in [-0.4, -0.2) is 21.4 Å². The van der Waals surface area contributed by atoms with Crippen molar-refractivity contribution in [2.45, 2.75) is 17.1 Å². The smallest absolute Gasteiger partial charge is 0.247 e. The molecule has 0 saturated heterocycles. The van der Waals surface area contributed by atoms with Crippen LogP contribution in [0.25, 0.3) is 17.3 Å². The van der Waals surface area contributed by atoms with Crippen LogP contribution in [0.3, 0.4) is 0 Å². The van der Waals surface area contributed by atoms with Gasteiger partial charge in [-0.2, -0.15) is 4.98 Å². The summed E-state index contributed by atoms with van der Waals surface area (Å²) in [5.41, 5.74) is 2.83. The van der Waals surface area contributed by atoms with Gasteiger partial charge in [0.2, 0.25) is 11.0 Å². The van der Waals surface area contributed by atoms with E-state index in [1.54, 1.807) is 24.5 Å². The Labute approximate surface area is 182 Å². The summed E-state index contributed by atoms with van der Waals surface area (Å²) in [5.74, 6) is 1.21. The van der Waals surface area contributed by atoms with Gasteiger partial charge in [-0.15, -0.1) is 10.2 Å². The molecule has 1 aliphatic heterocycles. The van der Waals surface area contributed by atoms with E-state index in [0.717, 1.165) is 11.3 Å². The molecule has 31 heavy (non-hydrogen) atoms. The largest absolute Gasteiger partial charge is 0.465 e. The molecular weight excluding hydrogens is 415 g/mol. The molecule has 1 aliphatic rings. The molecular formula is C23H17FN4O2S. The number of ether oxygens (including phenoxy) is 1. The van der Waals surface area contributed by atoms with Crippen molar-refractivity contribution in [1.29, 1.82) is 0 Å². The van der Waals surface area contributed by atoms with Crippen molar-refractivity contribution >= 4 is 23.5 Å². The number of para-hydroxylation sites is 1. The second-order valence-corrected chi connectivity index (χ2v) is 7.67. The van der Waals surface area contributed by atoms with E-state index in [1.165, 1.54) is 17.8 Å². The Morgan fingerprint density at radius 3 is 2.77 bits per heavy atom. The highest BCUT2D eigenvalue weighted by molar-refractivity contribution is 7.98. The second kappa shape index (κ2) is 8.61. The molecule has 0 saturated carbocycles. The quantitative estimate of drug-likeness (QED) is 0.423. The number of rotatable bonds is 5. The lowest BCUT2D eigenvalue weighted by Gasteiger charge is -2.15. The number of hydrogen-bond acceptors (Lipinski definition) is 7. The molecule has 8 heteroatoms.